The van der Waals surface area contributed by atoms with Crippen LogP contribution in [0.5, 0.6) is 17.2 Å². The van der Waals surface area contributed by atoms with E-state index in [1.165, 1.54) is 11.8 Å². The highest BCUT2D eigenvalue weighted by Gasteiger charge is 2.24. The number of aliphatic imine (C=N–C) groups is 1. The highest BCUT2D eigenvalue weighted by atomic mass is 35.5. The summed E-state index contributed by atoms with van der Waals surface area (Å²) in [7, 11) is 4.69. The lowest BCUT2D eigenvalue weighted by Crippen LogP contribution is -2.19. The van der Waals surface area contributed by atoms with Crippen LogP contribution in [0.25, 0.3) is 6.08 Å². The van der Waals surface area contributed by atoms with Crippen LogP contribution in [0, 0.1) is 0 Å². The molecule has 8 heteroatoms. The van der Waals surface area contributed by atoms with E-state index in [4.69, 9.17) is 25.8 Å². The van der Waals surface area contributed by atoms with E-state index in [0.29, 0.717) is 38.0 Å². The van der Waals surface area contributed by atoms with Gasteiger partial charge in [0.15, 0.2) is 16.7 Å². The summed E-state index contributed by atoms with van der Waals surface area (Å²) in [5, 5.41) is 3.73. The number of benzene rings is 2. The first-order valence-electron chi connectivity index (χ1n) is 7.89. The maximum atomic E-state index is 12.3. The van der Waals surface area contributed by atoms with E-state index in [9.17, 15) is 4.79 Å². The smallest absolute Gasteiger partial charge is 0.264 e. The van der Waals surface area contributed by atoms with Crippen molar-refractivity contribution >= 4 is 46.2 Å². The second-order valence-corrected chi connectivity index (χ2v) is 6.88. The Morgan fingerprint density at radius 1 is 1.00 bits per heavy atom. The van der Waals surface area contributed by atoms with Crippen LogP contribution in [0.1, 0.15) is 5.56 Å². The molecule has 140 valence electrons. The van der Waals surface area contributed by atoms with E-state index in [0.717, 1.165) is 5.56 Å². The van der Waals surface area contributed by atoms with Gasteiger partial charge in [-0.25, -0.2) is 4.99 Å². The third-order valence-electron chi connectivity index (χ3n) is 3.72. The van der Waals surface area contributed by atoms with Gasteiger partial charge in [-0.05, 0) is 53.7 Å². The van der Waals surface area contributed by atoms with Crippen molar-refractivity contribution in [1.82, 2.24) is 5.32 Å². The fourth-order valence-electron chi connectivity index (χ4n) is 2.43. The van der Waals surface area contributed by atoms with Crippen LogP contribution in [0.4, 0.5) is 5.69 Å². The Morgan fingerprint density at radius 3 is 2.41 bits per heavy atom. The minimum absolute atomic E-state index is 0.227. The van der Waals surface area contributed by atoms with Gasteiger partial charge in [-0.3, -0.25) is 4.79 Å². The lowest BCUT2D eigenvalue weighted by molar-refractivity contribution is -0.115. The molecule has 0 saturated carbocycles. The molecule has 1 amide bonds. The van der Waals surface area contributed by atoms with Crippen molar-refractivity contribution < 1.29 is 19.0 Å². The fourth-order valence-corrected chi connectivity index (χ4v) is 3.44. The normalized spacial score (nSPS) is 16.5. The number of methoxy groups -OCH3 is 3. The summed E-state index contributed by atoms with van der Waals surface area (Å²) in [5.41, 5.74) is 1.35. The van der Waals surface area contributed by atoms with Crippen molar-refractivity contribution in [2.75, 3.05) is 21.3 Å². The number of nitrogens with zero attached hydrogens (tertiary/aromatic N) is 1. The number of carbonyl (C=O) groups is 1. The van der Waals surface area contributed by atoms with Gasteiger partial charge >= 0.3 is 0 Å². The van der Waals surface area contributed by atoms with Gasteiger partial charge in [0, 0.05) is 5.02 Å². The molecule has 2 aromatic carbocycles. The lowest BCUT2D eigenvalue weighted by atomic mass is 10.2. The molecule has 0 aliphatic carbocycles. The maximum Gasteiger partial charge on any atom is 0.264 e. The van der Waals surface area contributed by atoms with Crippen LogP contribution in [0.3, 0.4) is 0 Å². The van der Waals surface area contributed by atoms with E-state index in [1.807, 2.05) is 6.07 Å². The highest BCUT2D eigenvalue weighted by molar-refractivity contribution is 8.18. The zero-order chi connectivity index (χ0) is 19.4. The average molecular weight is 405 g/mol. The van der Waals surface area contributed by atoms with Gasteiger partial charge in [-0.1, -0.05) is 17.7 Å². The SMILES string of the molecule is COc1ccc(Cl)cc1N=C1NC(=O)/C(=C/c2ccc(OC)c(OC)c2)S1. The van der Waals surface area contributed by atoms with Gasteiger partial charge in [0.05, 0.1) is 26.2 Å². The Labute approximate surface area is 166 Å². The number of amides is 1. The van der Waals surface area contributed by atoms with E-state index in [1.54, 1.807) is 57.7 Å². The van der Waals surface area contributed by atoms with E-state index >= 15 is 0 Å². The molecule has 1 aliphatic rings. The number of ether oxygens (including phenoxy) is 3. The number of carbonyl (C=O) groups excluding carboxylic acids is 1. The molecule has 1 aliphatic heterocycles. The quantitative estimate of drug-likeness (QED) is 0.754. The molecule has 2 aromatic rings. The molecule has 0 radical (unpaired) electrons. The summed E-state index contributed by atoms with van der Waals surface area (Å²) >= 11 is 7.26. The molecule has 0 bridgehead atoms. The molecule has 1 heterocycles. The molecular weight excluding hydrogens is 388 g/mol. The van der Waals surface area contributed by atoms with Crippen LogP contribution in [0.15, 0.2) is 46.3 Å². The first-order chi connectivity index (χ1) is 13.0. The molecule has 3 rings (SSSR count). The van der Waals surface area contributed by atoms with Crippen LogP contribution in [-0.4, -0.2) is 32.4 Å². The first kappa shape index (κ1) is 19.1. The van der Waals surface area contributed by atoms with Crippen LogP contribution in [0.2, 0.25) is 5.02 Å². The summed E-state index contributed by atoms with van der Waals surface area (Å²) in [6.07, 6.45) is 1.76. The van der Waals surface area contributed by atoms with Crippen LogP contribution < -0.4 is 19.5 Å². The van der Waals surface area contributed by atoms with Crippen molar-refractivity contribution in [2.24, 2.45) is 4.99 Å². The molecular formula is C19H17ClN2O4S. The van der Waals surface area contributed by atoms with Crippen molar-refractivity contribution in [3.8, 4) is 17.2 Å². The summed E-state index contributed by atoms with van der Waals surface area (Å²) in [4.78, 5) is 17.2. The average Bonchev–Trinajstić information content (AvgIpc) is 3.00. The van der Waals surface area contributed by atoms with Gasteiger partial charge in [0.25, 0.3) is 5.91 Å². The fraction of sp³-hybridized carbons (Fsp3) is 0.158. The van der Waals surface area contributed by atoms with Crippen molar-refractivity contribution in [1.29, 1.82) is 0 Å². The number of hydrogen-bond donors (Lipinski definition) is 1. The molecule has 0 atom stereocenters. The molecule has 1 fully saturated rings. The summed E-state index contributed by atoms with van der Waals surface area (Å²) in [6, 6.07) is 10.5. The Morgan fingerprint density at radius 2 is 1.70 bits per heavy atom. The Kier molecular flexibility index (Phi) is 5.93. The molecule has 6 nitrogen and oxygen atoms in total. The van der Waals surface area contributed by atoms with Gasteiger partial charge < -0.3 is 19.5 Å². The predicted octanol–water partition coefficient (Wildman–Crippen LogP) is 4.26. The Hall–Kier alpha value is -2.64. The molecule has 1 saturated heterocycles. The Bertz CT molecular complexity index is 943. The first-order valence-corrected chi connectivity index (χ1v) is 9.08. The lowest BCUT2D eigenvalue weighted by Gasteiger charge is -2.07. The van der Waals surface area contributed by atoms with Gasteiger partial charge in [0.2, 0.25) is 0 Å². The van der Waals surface area contributed by atoms with E-state index in [2.05, 4.69) is 10.3 Å². The second kappa shape index (κ2) is 8.37. The zero-order valence-corrected chi connectivity index (χ0v) is 16.5. The maximum absolute atomic E-state index is 12.3. The van der Waals surface area contributed by atoms with Crippen molar-refractivity contribution in [3.63, 3.8) is 0 Å². The van der Waals surface area contributed by atoms with Gasteiger partial charge in [-0.15, -0.1) is 0 Å². The van der Waals surface area contributed by atoms with Crippen LogP contribution in [-0.2, 0) is 4.79 Å². The second-order valence-electron chi connectivity index (χ2n) is 5.41. The molecule has 27 heavy (non-hydrogen) atoms. The number of halogens is 1. The number of rotatable bonds is 5. The molecule has 0 aromatic heterocycles. The highest BCUT2D eigenvalue weighted by Crippen LogP contribution is 2.35. The van der Waals surface area contributed by atoms with E-state index in [-0.39, 0.29) is 5.91 Å². The third kappa shape index (κ3) is 4.37. The number of nitrogens with one attached hydrogen (secondary N) is 1. The minimum Gasteiger partial charge on any atom is -0.494 e. The molecule has 1 N–H and O–H groups in total. The number of hydrogen-bond acceptors (Lipinski definition) is 6. The monoisotopic (exact) mass is 404 g/mol. The number of thioether (sulfide) groups is 1. The molecule has 0 unspecified atom stereocenters. The number of amidine groups is 1. The zero-order valence-electron chi connectivity index (χ0n) is 14.9. The molecule has 0 spiro atoms. The minimum atomic E-state index is -0.227. The standard InChI is InChI=1S/C19H17ClN2O4S/c1-24-14-7-5-12(20)10-13(14)21-19-22-18(23)17(27-19)9-11-4-6-15(25-2)16(8-11)26-3/h4-10H,1-3H3,(H,21,22,23)/b17-9-. The van der Waals surface area contributed by atoms with Crippen molar-refractivity contribution in [2.45, 2.75) is 0 Å². The summed E-state index contributed by atoms with van der Waals surface area (Å²) in [6.45, 7) is 0. The predicted molar refractivity (Wildman–Crippen MR) is 108 cm³/mol. The van der Waals surface area contributed by atoms with Gasteiger partial charge in [-0.2, -0.15) is 0 Å². The summed E-state index contributed by atoms with van der Waals surface area (Å²) in [5.74, 6) is 1.56. The van der Waals surface area contributed by atoms with Crippen molar-refractivity contribution in [3.05, 3.63) is 51.9 Å². The topological polar surface area (TPSA) is 69.2 Å². The van der Waals surface area contributed by atoms with E-state index < -0.39 is 0 Å². The van der Waals surface area contributed by atoms with Gasteiger partial charge in [0.1, 0.15) is 11.4 Å². The summed E-state index contributed by atoms with van der Waals surface area (Å²) < 4.78 is 15.8. The Balaban J connectivity index is 1.88. The third-order valence-corrected chi connectivity index (χ3v) is 4.86. The largest absolute Gasteiger partial charge is 0.494 e. The van der Waals surface area contributed by atoms with Crippen LogP contribution >= 0.6 is 23.4 Å².